The van der Waals surface area contributed by atoms with Crippen LogP contribution in [-0.2, 0) is 19.1 Å². The normalized spacial score (nSPS) is 50.5. The van der Waals surface area contributed by atoms with E-state index in [0.717, 1.165) is 6.42 Å². The monoisotopic (exact) mass is 288 g/mol. The van der Waals surface area contributed by atoms with Gasteiger partial charge >= 0.3 is 5.97 Å². The first-order valence-electron chi connectivity index (χ1n) is 7.70. The summed E-state index contributed by atoms with van der Waals surface area (Å²) in [6.07, 6.45) is 8.07. The number of carbonyl (C=O) groups excluding carboxylic acids is 2. The molecule has 2 saturated heterocycles. The highest BCUT2D eigenvalue weighted by molar-refractivity contribution is 5.91. The molecule has 1 unspecified atom stereocenters. The Morgan fingerprint density at radius 3 is 3.05 bits per heavy atom. The minimum Gasteiger partial charge on any atom is -0.462 e. The molecule has 4 heteroatoms. The number of carbonyl (C=O) groups is 2. The molecule has 4 rings (SSSR count). The molecule has 4 aliphatic rings. The Kier molecular flexibility index (Phi) is 2.44. The Morgan fingerprint density at radius 1 is 1.48 bits per heavy atom. The number of ether oxygens (including phenoxy) is 2. The van der Waals surface area contributed by atoms with Gasteiger partial charge < -0.3 is 9.47 Å². The molecule has 4 nitrogen and oxygen atoms in total. The number of rotatable bonds is 2. The maximum absolute atomic E-state index is 13.0. The third kappa shape index (κ3) is 1.19. The number of cyclic esters (lactones) is 1. The van der Waals surface area contributed by atoms with Crippen molar-refractivity contribution in [2.75, 3.05) is 6.61 Å². The number of esters is 1. The molecule has 21 heavy (non-hydrogen) atoms. The first kappa shape index (κ1) is 13.3. The minimum absolute atomic E-state index is 0.171. The van der Waals surface area contributed by atoms with Gasteiger partial charge in [-0.1, -0.05) is 25.2 Å². The average molecular weight is 288 g/mol. The molecular weight excluding hydrogens is 268 g/mol. The highest BCUT2D eigenvalue weighted by Crippen LogP contribution is 2.70. The number of hydrogen-bond acceptors (Lipinski definition) is 4. The number of fused-ring (bicyclic) bond motifs is 2. The quantitative estimate of drug-likeness (QED) is 0.577. The minimum atomic E-state index is -0.663. The molecule has 5 atom stereocenters. The van der Waals surface area contributed by atoms with Crippen LogP contribution in [0.3, 0.4) is 0 Å². The fourth-order valence-electron chi connectivity index (χ4n) is 5.35. The second-order valence-electron chi connectivity index (χ2n) is 6.93. The zero-order valence-electron chi connectivity index (χ0n) is 12.3. The van der Waals surface area contributed by atoms with Crippen molar-refractivity contribution < 1.29 is 19.1 Å². The number of Topliss-reactive ketones (excluding diaryl/α,β-unsaturated/α-hetero) is 1. The Balaban J connectivity index is 2.00. The van der Waals surface area contributed by atoms with Gasteiger partial charge in [0.2, 0.25) is 0 Å². The second-order valence-corrected chi connectivity index (χ2v) is 6.93. The molecule has 0 amide bonds. The van der Waals surface area contributed by atoms with Crippen molar-refractivity contribution in [2.24, 2.45) is 16.7 Å². The van der Waals surface area contributed by atoms with E-state index in [4.69, 9.17) is 9.47 Å². The molecule has 0 aromatic carbocycles. The van der Waals surface area contributed by atoms with Gasteiger partial charge in [0.25, 0.3) is 0 Å². The van der Waals surface area contributed by atoms with Gasteiger partial charge in [-0.25, -0.2) is 0 Å². The lowest BCUT2D eigenvalue weighted by atomic mass is 9.47. The van der Waals surface area contributed by atoms with Gasteiger partial charge in [0.15, 0.2) is 0 Å². The maximum atomic E-state index is 13.0. The van der Waals surface area contributed by atoms with Crippen LogP contribution in [0.4, 0.5) is 0 Å². The summed E-state index contributed by atoms with van der Waals surface area (Å²) in [5.74, 6) is -0.221. The van der Waals surface area contributed by atoms with E-state index in [2.05, 4.69) is 13.5 Å². The van der Waals surface area contributed by atoms with Crippen LogP contribution >= 0.6 is 0 Å². The van der Waals surface area contributed by atoms with Crippen molar-refractivity contribution >= 4 is 11.8 Å². The van der Waals surface area contributed by atoms with Crippen molar-refractivity contribution in [1.82, 2.24) is 0 Å². The summed E-state index contributed by atoms with van der Waals surface area (Å²) in [6, 6.07) is 0. The molecular formula is C17H20O4. The van der Waals surface area contributed by atoms with E-state index >= 15 is 0 Å². The topological polar surface area (TPSA) is 52.6 Å². The summed E-state index contributed by atoms with van der Waals surface area (Å²) in [5, 5.41) is 0. The summed E-state index contributed by atoms with van der Waals surface area (Å²) in [6.45, 7) is 6.14. The SMILES string of the molecule is C=CC[C@]12C(=O)CCC[C@@H]3C(=O)OC[C@@]4(C=CC1O4)[C@@]32C. The van der Waals surface area contributed by atoms with E-state index in [1.807, 2.05) is 12.2 Å². The van der Waals surface area contributed by atoms with Crippen molar-refractivity contribution in [3.05, 3.63) is 24.8 Å². The zero-order valence-corrected chi connectivity index (χ0v) is 12.3. The molecule has 0 aromatic rings. The first-order valence-corrected chi connectivity index (χ1v) is 7.70. The molecule has 1 saturated carbocycles. The van der Waals surface area contributed by atoms with Crippen LogP contribution < -0.4 is 0 Å². The molecule has 1 spiro atoms. The fourth-order valence-corrected chi connectivity index (χ4v) is 5.35. The van der Waals surface area contributed by atoms with Crippen LogP contribution in [0.2, 0.25) is 0 Å². The summed E-state index contributed by atoms with van der Waals surface area (Å²) < 4.78 is 11.7. The van der Waals surface area contributed by atoms with E-state index in [1.165, 1.54) is 0 Å². The smallest absolute Gasteiger partial charge is 0.309 e. The largest absolute Gasteiger partial charge is 0.462 e. The van der Waals surface area contributed by atoms with E-state index in [1.54, 1.807) is 6.08 Å². The van der Waals surface area contributed by atoms with E-state index < -0.39 is 16.4 Å². The number of hydrogen-bond donors (Lipinski definition) is 0. The predicted octanol–water partition coefficient (Wildman–Crippen LogP) is 2.19. The number of allylic oxidation sites excluding steroid dienone is 1. The number of ketones is 1. The molecule has 1 aliphatic carbocycles. The third-order valence-corrected chi connectivity index (χ3v) is 6.44. The molecule has 112 valence electrons. The molecule has 3 aliphatic heterocycles. The van der Waals surface area contributed by atoms with Crippen LogP contribution in [0.5, 0.6) is 0 Å². The van der Waals surface area contributed by atoms with Crippen LogP contribution in [0, 0.1) is 16.7 Å². The van der Waals surface area contributed by atoms with Gasteiger partial charge in [-0.3, -0.25) is 9.59 Å². The van der Waals surface area contributed by atoms with Gasteiger partial charge in [0.1, 0.15) is 18.0 Å². The standard InChI is InChI=1S/C17H20O4/c1-3-8-17-12(18)6-4-5-11-14(19)20-10-16(15(11,17)2)9-7-13(17)21-16/h3,7,9,11,13H,1,4-6,8,10H2,2H3/t11-,13?,15-,16+,17+/m1/s1. The summed E-state index contributed by atoms with van der Waals surface area (Å²) in [7, 11) is 0. The van der Waals surface area contributed by atoms with E-state index in [0.29, 0.717) is 19.3 Å². The fraction of sp³-hybridized carbons (Fsp3) is 0.647. The molecule has 0 aromatic heterocycles. The lowest BCUT2D eigenvalue weighted by Crippen LogP contribution is -2.64. The highest BCUT2D eigenvalue weighted by atomic mass is 16.6. The molecule has 0 N–H and O–H groups in total. The Morgan fingerprint density at radius 2 is 2.29 bits per heavy atom. The predicted molar refractivity (Wildman–Crippen MR) is 75.4 cm³/mol. The van der Waals surface area contributed by atoms with Gasteiger partial charge in [-0.05, 0) is 19.3 Å². The van der Waals surface area contributed by atoms with Crippen molar-refractivity contribution in [1.29, 1.82) is 0 Å². The third-order valence-electron chi connectivity index (χ3n) is 6.44. The van der Waals surface area contributed by atoms with Gasteiger partial charge in [-0.15, -0.1) is 6.58 Å². The lowest BCUT2D eigenvalue weighted by molar-refractivity contribution is -0.191. The average Bonchev–Trinajstić information content (AvgIpc) is 2.93. The van der Waals surface area contributed by atoms with Crippen LogP contribution in [0.1, 0.15) is 32.6 Å². The van der Waals surface area contributed by atoms with Crippen LogP contribution in [0.15, 0.2) is 24.8 Å². The van der Waals surface area contributed by atoms with Crippen molar-refractivity contribution in [3.63, 3.8) is 0 Å². The summed E-state index contributed by atoms with van der Waals surface area (Å²) in [5.41, 5.74) is -1.83. The van der Waals surface area contributed by atoms with Crippen molar-refractivity contribution in [2.45, 2.75) is 44.3 Å². The van der Waals surface area contributed by atoms with Gasteiger partial charge in [0, 0.05) is 11.8 Å². The van der Waals surface area contributed by atoms with Crippen LogP contribution in [-0.4, -0.2) is 30.1 Å². The molecule has 2 bridgehead atoms. The van der Waals surface area contributed by atoms with Crippen molar-refractivity contribution in [3.8, 4) is 0 Å². The Hall–Kier alpha value is -1.42. The molecule has 3 fully saturated rings. The molecule has 3 heterocycles. The highest BCUT2D eigenvalue weighted by Gasteiger charge is 2.79. The first-order chi connectivity index (χ1) is 10.0. The van der Waals surface area contributed by atoms with Gasteiger partial charge in [-0.2, -0.15) is 0 Å². The maximum Gasteiger partial charge on any atom is 0.309 e. The van der Waals surface area contributed by atoms with Crippen LogP contribution in [0.25, 0.3) is 0 Å². The zero-order chi connectivity index (χ0) is 14.9. The molecule has 0 radical (unpaired) electrons. The van der Waals surface area contributed by atoms with E-state index in [-0.39, 0.29) is 30.4 Å². The van der Waals surface area contributed by atoms with Gasteiger partial charge in [0.05, 0.1) is 17.4 Å². The summed E-state index contributed by atoms with van der Waals surface area (Å²) >= 11 is 0. The second kappa shape index (κ2) is 3.86. The lowest BCUT2D eigenvalue weighted by Gasteiger charge is -2.54. The summed E-state index contributed by atoms with van der Waals surface area (Å²) in [4.78, 5) is 25.4. The Bertz CT molecular complexity index is 579. The van der Waals surface area contributed by atoms with E-state index in [9.17, 15) is 9.59 Å². The Labute approximate surface area is 124 Å².